The van der Waals surface area contributed by atoms with Gasteiger partial charge in [-0.1, -0.05) is 48.0 Å². The molecule has 0 saturated carbocycles. The highest BCUT2D eigenvalue weighted by molar-refractivity contribution is 6.30. The Morgan fingerprint density at radius 3 is 2.59 bits per heavy atom. The maximum Gasteiger partial charge on any atom is 0.363 e. The third-order valence-electron chi connectivity index (χ3n) is 4.87. The molecule has 7 nitrogen and oxygen atoms in total. The van der Waals surface area contributed by atoms with Crippen molar-refractivity contribution in [3.8, 4) is 5.75 Å². The number of benzene rings is 3. The number of nitrogens with zero attached hydrogens (tertiary/aromatic N) is 2. The summed E-state index contributed by atoms with van der Waals surface area (Å²) in [5, 5.41) is 11.8. The first-order chi connectivity index (χ1) is 15.4. The molecule has 0 amide bonds. The lowest BCUT2D eigenvalue weighted by molar-refractivity contribution is -0.385. The molecule has 3 aromatic carbocycles. The number of nitro groups is 1. The van der Waals surface area contributed by atoms with Crippen LogP contribution in [0.1, 0.15) is 22.3 Å². The van der Waals surface area contributed by atoms with Crippen molar-refractivity contribution >= 4 is 35.2 Å². The van der Waals surface area contributed by atoms with Gasteiger partial charge in [0.25, 0.3) is 5.69 Å². The Bertz CT molecular complexity index is 1270. The molecule has 0 spiro atoms. The topological polar surface area (TPSA) is 91.0 Å². The number of para-hydroxylation sites is 1. The zero-order chi connectivity index (χ0) is 22.7. The minimum atomic E-state index is -0.640. The van der Waals surface area contributed by atoms with E-state index in [1.807, 2.05) is 24.3 Å². The molecule has 8 heteroatoms. The molecular formula is C24H17ClN2O5. The fourth-order valence-electron chi connectivity index (χ4n) is 3.20. The van der Waals surface area contributed by atoms with E-state index >= 15 is 0 Å². The molecule has 0 bridgehead atoms. The fraction of sp³-hybridized carbons (Fsp3) is 0.0833. The summed E-state index contributed by atoms with van der Waals surface area (Å²) in [7, 11) is 0. The number of aliphatic imine (C=N–C) groups is 1. The second-order valence-electron chi connectivity index (χ2n) is 7.00. The monoisotopic (exact) mass is 448 g/mol. The lowest BCUT2D eigenvalue weighted by atomic mass is 10.1. The highest BCUT2D eigenvalue weighted by atomic mass is 35.5. The molecule has 0 radical (unpaired) electrons. The Labute approximate surface area is 188 Å². The highest BCUT2D eigenvalue weighted by Crippen LogP contribution is 2.28. The predicted octanol–water partition coefficient (Wildman–Crippen LogP) is 5.48. The van der Waals surface area contributed by atoms with Crippen LogP contribution in [0.5, 0.6) is 5.75 Å². The van der Waals surface area contributed by atoms with E-state index in [1.54, 1.807) is 43.3 Å². The van der Waals surface area contributed by atoms with E-state index < -0.39 is 10.9 Å². The first-order valence-electron chi connectivity index (χ1n) is 9.65. The van der Waals surface area contributed by atoms with Crippen LogP contribution in [0.4, 0.5) is 5.69 Å². The van der Waals surface area contributed by atoms with E-state index in [1.165, 1.54) is 12.1 Å². The summed E-state index contributed by atoms with van der Waals surface area (Å²) in [6.45, 7) is 1.91. The molecule has 0 fully saturated rings. The molecule has 160 valence electrons. The van der Waals surface area contributed by atoms with Crippen molar-refractivity contribution in [1.82, 2.24) is 0 Å². The molecule has 1 aliphatic rings. The Hall–Kier alpha value is -3.97. The van der Waals surface area contributed by atoms with E-state index in [0.717, 1.165) is 5.56 Å². The summed E-state index contributed by atoms with van der Waals surface area (Å²) in [6, 6.07) is 19.1. The first-order valence-corrected chi connectivity index (χ1v) is 10.0. The number of hydrogen-bond acceptors (Lipinski definition) is 6. The van der Waals surface area contributed by atoms with E-state index in [0.29, 0.717) is 34.1 Å². The van der Waals surface area contributed by atoms with E-state index in [-0.39, 0.29) is 17.3 Å². The SMILES string of the molecule is Cc1c(C2=N/C(=C\c3ccccc3OCc3ccc(Cl)cc3)C(=O)O2)cccc1[N+](=O)[O-]. The van der Waals surface area contributed by atoms with Gasteiger partial charge in [-0.25, -0.2) is 9.79 Å². The van der Waals surface area contributed by atoms with Gasteiger partial charge in [-0.05, 0) is 42.8 Å². The molecule has 0 aliphatic carbocycles. The molecule has 0 unspecified atom stereocenters. The van der Waals surface area contributed by atoms with Gasteiger partial charge in [-0.2, -0.15) is 0 Å². The minimum absolute atomic E-state index is 0.0296. The third kappa shape index (κ3) is 4.53. The van der Waals surface area contributed by atoms with Crippen LogP contribution in [-0.4, -0.2) is 16.8 Å². The van der Waals surface area contributed by atoms with E-state index in [9.17, 15) is 14.9 Å². The van der Waals surface area contributed by atoms with Crippen molar-refractivity contribution in [3.63, 3.8) is 0 Å². The number of cyclic esters (lactones) is 1. The number of esters is 1. The van der Waals surface area contributed by atoms with Crippen molar-refractivity contribution in [3.05, 3.63) is 110 Å². The molecule has 0 aromatic heterocycles. The second kappa shape index (κ2) is 9.03. The minimum Gasteiger partial charge on any atom is -0.488 e. The third-order valence-corrected chi connectivity index (χ3v) is 5.12. The predicted molar refractivity (Wildman–Crippen MR) is 121 cm³/mol. The van der Waals surface area contributed by atoms with Gasteiger partial charge in [0, 0.05) is 27.8 Å². The van der Waals surface area contributed by atoms with Crippen molar-refractivity contribution in [2.45, 2.75) is 13.5 Å². The Balaban J connectivity index is 1.61. The standard InChI is InChI=1S/C24H17ClN2O5/c1-15-19(6-4-7-21(15)27(29)30)23-26-20(24(28)32-23)13-17-5-2-3-8-22(17)31-14-16-9-11-18(25)12-10-16/h2-13H,14H2,1H3/b20-13-. The first kappa shape index (κ1) is 21.3. The zero-order valence-corrected chi connectivity index (χ0v) is 17.7. The summed E-state index contributed by atoms with van der Waals surface area (Å²) < 4.78 is 11.2. The maximum atomic E-state index is 12.4. The van der Waals surface area contributed by atoms with E-state index in [4.69, 9.17) is 21.1 Å². The van der Waals surface area contributed by atoms with Crippen LogP contribution in [0.25, 0.3) is 6.08 Å². The summed E-state index contributed by atoms with van der Waals surface area (Å²) >= 11 is 5.91. The zero-order valence-electron chi connectivity index (χ0n) is 16.9. The van der Waals surface area contributed by atoms with Crippen molar-refractivity contribution < 1.29 is 19.2 Å². The largest absolute Gasteiger partial charge is 0.488 e. The molecule has 1 aliphatic heterocycles. The molecule has 0 saturated heterocycles. The Morgan fingerprint density at radius 1 is 1.09 bits per heavy atom. The summed E-state index contributed by atoms with van der Waals surface area (Å²) in [5.41, 5.74) is 2.36. The number of hydrogen-bond donors (Lipinski definition) is 0. The van der Waals surface area contributed by atoms with Gasteiger partial charge in [0.05, 0.1) is 4.92 Å². The van der Waals surface area contributed by atoms with Crippen LogP contribution in [0, 0.1) is 17.0 Å². The van der Waals surface area contributed by atoms with Crippen LogP contribution in [0.2, 0.25) is 5.02 Å². The van der Waals surface area contributed by atoms with E-state index in [2.05, 4.69) is 4.99 Å². The van der Waals surface area contributed by atoms with Gasteiger partial charge in [0.1, 0.15) is 12.4 Å². The van der Waals surface area contributed by atoms with Crippen molar-refractivity contribution in [1.29, 1.82) is 0 Å². The summed E-state index contributed by atoms with van der Waals surface area (Å²) in [6.07, 6.45) is 1.57. The van der Waals surface area contributed by atoms with Crippen molar-refractivity contribution in [2.24, 2.45) is 4.99 Å². The molecule has 3 aromatic rings. The van der Waals surface area contributed by atoms with Crippen LogP contribution in [0.3, 0.4) is 0 Å². The number of nitro benzene ring substituents is 1. The molecular weight excluding hydrogens is 432 g/mol. The highest BCUT2D eigenvalue weighted by Gasteiger charge is 2.27. The summed E-state index contributed by atoms with van der Waals surface area (Å²) in [5.74, 6) is -0.0432. The average molecular weight is 449 g/mol. The average Bonchev–Trinajstić information content (AvgIpc) is 3.14. The van der Waals surface area contributed by atoms with Crippen molar-refractivity contribution in [2.75, 3.05) is 0 Å². The van der Waals surface area contributed by atoms with Gasteiger partial charge < -0.3 is 9.47 Å². The fourth-order valence-corrected chi connectivity index (χ4v) is 3.32. The quantitative estimate of drug-likeness (QED) is 0.215. The van der Waals surface area contributed by atoms with Crippen LogP contribution >= 0.6 is 11.6 Å². The Morgan fingerprint density at radius 2 is 1.84 bits per heavy atom. The number of carbonyl (C=O) groups is 1. The van der Waals surface area contributed by atoms with Gasteiger partial charge in [0.2, 0.25) is 5.90 Å². The van der Waals surface area contributed by atoms with Crippen LogP contribution < -0.4 is 4.74 Å². The second-order valence-corrected chi connectivity index (χ2v) is 7.43. The van der Waals surface area contributed by atoms with Gasteiger partial charge >= 0.3 is 5.97 Å². The maximum absolute atomic E-state index is 12.4. The number of carbonyl (C=O) groups excluding carboxylic acids is 1. The van der Waals surface area contributed by atoms with Gasteiger partial charge in [-0.3, -0.25) is 10.1 Å². The molecule has 1 heterocycles. The number of ether oxygens (including phenoxy) is 2. The molecule has 32 heavy (non-hydrogen) atoms. The molecule has 0 N–H and O–H groups in total. The smallest absolute Gasteiger partial charge is 0.363 e. The van der Waals surface area contributed by atoms with Gasteiger partial charge in [0.15, 0.2) is 5.70 Å². The molecule has 4 rings (SSSR count). The number of rotatable bonds is 6. The number of halogens is 1. The van der Waals surface area contributed by atoms with Gasteiger partial charge in [-0.15, -0.1) is 0 Å². The normalized spacial score (nSPS) is 14.2. The lowest BCUT2D eigenvalue weighted by Gasteiger charge is -2.09. The molecule has 0 atom stereocenters. The van der Waals surface area contributed by atoms with Crippen LogP contribution in [-0.2, 0) is 16.1 Å². The lowest BCUT2D eigenvalue weighted by Crippen LogP contribution is -2.08. The summed E-state index contributed by atoms with van der Waals surface area (Å²) in [4.78, 5) is 27.4. The van der Waals surface area contributed by atoms with Crippen LogP contribution in [0.15, 0.2) is 77.4 Å². The Kier molecular flexibility index (Phi) is 6.00.